The van der Waals surface area contributed by atoms with Crippen molar-refractivity contribution >= 4 is 21.0 Å². The van der Waals surface area contributed by atoms with Crippen molar-refractivity contribution in [2.24, 2.45) is 0 Å². The Morgan fingerprint density at radius 3 is 2.47 bits per heavy atom. The number of hydrogen-bond donors (Lipinski definition) is 0. The first-order valence-electron chi connectivity index (χ1n) is 5.08. The second-order valence-electron chi connectivity index (χ2n) is 3.76. The van der Waals surface area contributed by atoms with Crippen LogP contribution in [0.15, 0.2) is 30.3 Å². The summed E-state index contributed by atoms with van der Waals surface area (Å²) in [6, 6.07) is 7.38. The van der Waals surface area contributed by atoms with E-state index in [0.29, 0.717) is 11.1 Å². The van der Waals surface area contributed by atoms with Gasteiger partial charge in [-0.25, -0.2) is 4.98 Å². The van der Waals surface area contributed by atoms with Crippen LogP contribution < -0.4 is 4.18 Å². The lowest BCUT2D eigenvalue weighted by molar-refractivity contribution is -0.0499. The van der Waals surface area contributed by atoms with Crippen LogP contribution in [0.3, 0.4) is 0 Å². The minimum atomic E-state index is -5.70. The highest BCUT2D eigenvalue weighted by atomic mass is 32.2. The molecule has 19 heavy (non-hydrogen) atoms. The van der Waals surface area contributed by atoms with Gasteiger partial charge < -0.3 is 4.18 Å². The SMILES string of the molecule is Cc1ccc2cccc(OS(=O)(=O)C(F)(F)F)c2n1. The molecule has 2 aromatic rings. The maximum absolute atomic E-state index is 12.3. The molecule has 0 unspecified atom stereocenters. The summed E-state index contributed by atoms with van der Waals surface area (Å²) in [5, 5.41) is 0.487. The lowest BCUT2D eigenvalue weighted by Crippen LogP contribution is -2.28. The first-order chi connectivity index (χ1) is 8.71. The van der Waals surface area contributed by atoms with E-state index in [-0.39, 0.29) is 5.52 Å². The van der Waals surface area contributed by atoms with Gasteiger partial charge >= 0.3 is 15.6 Å². The Morgan fingerprint density at radius 2 is 1.84 bits per heavy atom. The van der Waals surface area contributed by atoms with Gasteiger partial charge in [-0.05, 0) is 19.1 Å². The van der Waals surface area contributed by atoms with Crippen molar-refractivity contribution < 1.29 is 25.8 Å². The summed E-state index contributed by atoms with van der Waals surface area (Å²) in [5.41, 5.74) is -4.87. The summed E-state index contributed by atoms with van der Waals surface area (Å²) in [5.74, 6) is -0.446. The van der Waals surface area contributed by atoms with Gasteiger partial charge in [0.2, 0.25) is 0 Å². The van der Waals surface area contributed by atoms with Crippen molar-refractivity contribution in [3.8, 4) is 5.75 Å². The fraction of sp³-hybridized carbons (Fsp3) is 0.182. The lowest BCUT2D eigenvalue weighted by atomic mass is 10.2. The van der Waals surface area contributed by atoms with Crippen LogP contribution in [0.1, 0.15) is 5.69 Å². The van der Waals surface area contributed by atoms with Crippen molar-refractivity contribution in [3.05, 3.63) is 36.0 Å². The van der Waals surface area contributed by atoms with Crippen molar-refractivity contribution in [3.63, 3.8) is 0 Å². The van der Waals surface area contributed by atoms with Gasteiger partial charge in [0.25, 0.3) is 0 Å². The topological polar surface area (TPSA) is 56.3 Å². The molecule has 1 heterocycles. The van der Waals surface area contributed by atoms with Crippen molar-refractivity contribution in [2.75, 3.05) is 0 Å². The Hall–Kier alpha value is -1.83. The van der Waals surface area contributed by atoms with Crippen molar-refractivity contribution in [1.82, 2.24) is 4.98 Å². The van der Waals surface area contributed by atoms with Crippen LogP contribution in [0.5, 0.6) is 5.75 Å². The van der Waals surface area contributed by atoms with Crippen LogP contribution in [-0.4, -0.2) is 18.9 Å². The van der Waals surface area contributed by atoms with E-state index < -0.39 is 21.4 Å². The summed E-state index contributed by atoms with van der Waals surface area (Å²) < 4.78 is 62.9. The molecule has 0 aliphatic carbocycles. The van der Waals surface area contributed by atoms with Crippen LogP contribution in [0, 0.1) is 6.92 Å². The van der Waals surface area contributed by atoms with Crippen LogP contribution in [0.25, 0.3) is 10.9 Å². The number of pyridine rings is 1. The quantitative estimate of drug-likeness (QED) is 0.630. The summed E-state index contributed by atoms with van der Waals surface area (Å²) in [6.07, 6.45) is 0. The van der Waals surface area contributed by atoms with Gasteiger partial charge in [0, 0.05) is 11.1 Å². The van der Waals surface area contributed by atoms with E-state index in [1.807, 2.05) is 0 Å². The lowest BCUT2D eigenvalue weighted by Gasteiger charge is -2.11. The summed E-state index contributed by atoms with van der Waals surface area (Å²) in [6.45, 7) is 1.63. The smallest absolute Gasteiger partial charge is 0.374 e. The normalized spacial score (nSPS) is 12.6. The standard InChI is InChI=1S/C11H8F3NO3S/c1-7-5-6-8-3-2-4-9(10(8)15-7)18-19(16,17)11(12,13)14/h2-6H,1H3. The zero-order valence-electron chi connectivity index (χ0n) is 9.60. The third-order valence-electron chi connectivity index (χ3n) is 2.31. The van der Waals surface area contributed by atoms with E-state index in [9.17, 15) is 21.6 Å². The van der Waals surface area contributed by atoms with E-state index in [0.717, 1.165) is 6.07 Å². The molecule has 0 bridgehead atoms. The molecule has 8 heteroatoms. The molecule has 1 aromatic heterocycles. The van der Waals surface area contributed by atoms with Crippen molar-refractivity contribution in [2.45, 2.75) is 12.4 Å². The highest BCUT2D eigenvalue weighted by Crippen LogP contribution is 2.30. The Labute approximate surface area is 107 Å². The van der Waals surface area contributed by atoms with Gasteiger partial charge in [0.05, 0.1) is 0 Å². The molecule has 0 spiro atoms. The van der Waals surface area contributed by atoms with Crippen LogP contribution in [0.2, 0.25) is 0 Å². The van der Waals surface area contributed by atoms with Gasteiger partial charge in [0.1, 0.15) is 5.52 Å². The van der Waals surface area contributed by atoms with Crippen LogP contribution >= 0.6 is 0 Å². The van der Waals surface area contributed by atoms with E-state index >= 15 is 0 Å². The molecular weight excluding hydrogens is 283 g/mol. The highest BCUT2D eigenvalue weighted by Gasteiger charge is 2.48. The van der Waals surface area contributed by atoms with Crippen LogP contribution in [-0.2, 0) is 10.1 Å². The number of alkyl halides is 3. The average Bonchev–Trinajstić information content (AvgIpc) is 2.28. The predicted molar refractivity (Wildman–Crippen MR) is 62.1 cm³/mol. The van der Waals surface area contributed by atoms with E-state index in [4.69, 9.17) is 0 Å². The van der Waals surface area contributed by atoms with Gasteiger partial charge in [0.15, 0.2) is 5.75 Å². The number of halogens is 3. The summed E-state index contributed by atoms with van der Waals surface area (Å²) in [4.78, 5) is 3.99. The van der Waals surface area contributed by atoms with Gasteiger partial charge in [-0.2, -0.15) is 21.6 Å². The number of aryl methyl sites for hydroxylation is 1. The minimum Gasteiger partial charge on any atom is -0.374 e. The number of fused-ring (bicyclic) bond motifs is 1. The molecule has 0 aliphatic rings. The molecule has 2 rings (SSSR count). The Bertz CT molecular complexity index is 726. The highest BCUT2D eigenvalue weighted by molar-refractivity contribution is 7.88. The summed E-state index contributed by atoms with van der Waals surface area (Å²) in [7, 11) is -5.70. The molecule has 0 N–H and O–H groups in total. The second kappa shape index (κ2) is 4.37. The van der Waals surface area contributed by atoms with Gasteiger partial charge in [-0.1, -0.05) is 18.2 Å². The minimum absolute atomic E-state index is 0.0651. The van der Waals surface area contributed by atoms with E-state index in [2.05, 4.69) is 9.17 Å². The molecule has 4 nitrogen and oxygen atoms in total. The van der Waals surface area contributed by atoms with Crippen LogP contribution in [0.4, 0.5) is 13.2 Å². The third kappa shape index (κ3) is 2.62. The van der Waals surface area contributed by atoms with E-state index in [1.54, 1.807) is 25.1 Å². The zero-order valence-corrected chi connectivity index (χ0v) is 10.4. The largest absolute Gasteiger partial charge is 0.534 e. The fourth-order valence-electron chi connectivity index (χ4n) is 1.45. The number of aromatic nitrogens is 1. The number of hydrogen-bond acceptors (Lipinski definition) is 4. The maximum atomic E-state index is 12.3. The molecule has 0 fully saturated rings. The first kappa shape index (κ1) is 13.6. The number of rotatable bonds is 2. The Balaban J connectivity index is 2.56. The molecule has 0 saturated heterocycles. The monoisotopic (exact) mass is 291 g/mol. The first-order valence-corrected chi connectivity index (χ1v) is 6.49. The third-order valence-corrected chi connectivity index (χ3v) is 3.27. The molecule has 0 saturated carbocycles. The summed E-state index contributed by atoms with van der Waals surface area (Å²) >= 11 is 0. The molecular formula is C11H8F3NO3S. The number of benzene rings is 1. The molecule has 0 amide bonds. The molecule has 0 aliphatic heterocycles. The maximum Gasteiger partial charge on any atom is 0.534 e. The fourth-order valence-corrected chi connectivity index (χ4v) is 1.92. The number of para-hydroxylation sites is 1. The number of nitrogens with zero attached hydrogens (tertiary/aromatic N) is 1. The molecule has 102 valence electrons. The van der Waals surface area contributed by atoms with Gasteiger partial charge in [-0.15, -0.1) is 0 Å². The molecule has 0 atom stereocenters. The zero-order chi connectivity index (χ0) is 14.3. The Morgan fingerprint density at radius 1 is 1.16 bits per heavy atom. The average molecular weight is 291 g/mol. The predicted octanol–water partition coefficient (Wildman–Crippen LogP) is 2.77. The van der Waals surface area contributed by atoms with Crippen molar-refractivity contribution in [1.29, 1.82) is 0 Å². The van der Waals surface area contributed by atoms with Gasteiger partial charge in [-0.3, -0.25) is 0 Å². The van der Waals surface area contributed by atoms with E-state index in [1.165, 1.54) is 6.07 Å². The Kier molecular flexibility index (Phi) is 3.13. The molecule has 0 radical (unpaired) electrons. The second-order valence-corrected chi connectivity index (χ2v) is 5.30. The molecule has 1 aromatic carbocycles.